The van der Waals surface area contributed by atoms with Crippen molar-refractivity contribution in [2.75, 3.05) is 24.8 Å². The van der Waals surface area contributed by atoms with Gasteiger partial charge in [-0.25, -0.2) is 4.79 Å². The Bertz CT molecular complexity index is 403. The topological polar surface area (TPSA) is 68.5 Å². The number of nitrogens with zero attached hydrogens (tertiary/aromatic N) is 2. The van der Waals surface area contributed by atoms with Crippen LogP contribution in [0.25, 0.3) is 0 Å². The minimum Gasteiger partial charge on any atom is -0.465 e. The van der Waals surface area contributed by atoms with E-state index in [9.17, 15) is 4.79 Å². The number of ether oxygens (including phenoxy) is 1. The van der Waals surface area contributed by atoms with Crippen molar-refractivity contribution in [3.05, 3.63) is 5.56 Å². The standard InChI is InChI=1S/C11H19N3O2S/c1-6(2)7(3)14(4)10-8(11(15)16-5)9(12)13-17-10/h6-7H,1-5H3,(H2,12,13). The first kappa shape index (κ1) is 13.8. The van der Waals surface area contributed by atoms with Crippen LogP contribution in [0.1, 0.15) is 31.1 Å². The van der Waals surface area contributed by atoms with Crippen LogP contribution in [0.2, 0.25) is 0 Å². The summed E-state index contributed by atoms with van der Waals surface area (Å²) in [5.74, 6) is 0.266. The molecule has 0 aliphatic heterocycles. The van der Waals surface area contributed by atoms with Crippen molar-refractivity contribution in [1.82, 2.24) is 4.37 Å². The second-order valence-electron chi connectivity index (χ2n) is 4.34. The smallest absolute Gasteiger partial charge is 0.344 e. The van der Waals surface area contributed by atoms with Gasteiger partial charge in [-0.1, -0.05) is 13.8 Å². The van der Waals surface area contributed by atoms with E-state index in [2.05, 4.69) is 25.1 Å². The summed E-state index contributed by atoms with van der Waals surface area (Å²) >= 11 is 1.22. The number of anilines is 2. The molecule has 5 nitrogen and oxygen atoms in total. The highest BCUT2D eigenvalue weighted by Crippen LogP contribution is 2.32. The van der Waals surface area contributed by atoms with Gasteiger partial charge in [-0.2, -0.15) is 4.37 Å². The third kappa shape index (κ3) is 2.69. The third-order valence-corrected chi connectivity index (χ3v) is 3.94. The minimum absolute atomic E-state index is 0.236. The Labute approximate surface area is 106 Å². The normalized spacial score (nSPS) is 12.6. The molecule has 1 atom stereocenters. The molecular formula is C11H19N3O2S. The van der Waals surface area contributed by atoms with Crippen LogP contribution in [0.3, 0.4) is 0 Å². The molecule has 0 saturated carbocycles. The molecule has 1 unspecified atom stereocenters. The number of hydrogen-bond acceptors (Lipinski definition) is 6. The maximum absolute atomic E-state index is 11.7. The first-order chi connectivity index (χ1) is 7.90. The van der Waals surface area contributed by atoms with Gasteiger partial charge in [-0.3, -0.25) is 0 Å². The quantitative estimate of drug-likeness (QED) is 0.835. The van der Waals surface area contributed by atoms with Crippen LogP contribution >= 0.6 is 11.5 Å². The fraction of sp³-hybridized carbons (Fsp3) is 0.636. The maximum atomic E-state index is 11.7. The summed E-state index contributed by atoms with van der Waals surface area (Å²) < 4.78 is 8.75. The van der Waals surface area contributed by atoms with Gasteiger partial charge in [0.2, 0.25) is 0 Å². The van der Waals surface area contributed by atoms with Gasteiger partial charge in [-0.15, -0.1) is 0 Å². The minimum atomic E-state index is -0.436. The zero-order chi connectivity index (χ0) is 13.2. The average Bonchev–Trinajstić information content (AvgIpc) is 2.68. The van der Waals surface area contributed by atoms with Crippen molar-refractivity contribution in [3.8, 4) is 0 Å². The lowest BCUT2D eigenvalue weighted by Gasteiger charge is -2.28. The molecule has 0 spiro atoms. The number of esters is 1. The van der Waals surface area contributed by atoms with Crippen molar-refractivity contribution in [1.29, 1.82) is 0 Å². The Balaban J connectivity index is 3.10. The molecule has 0 aliphatic carbocycles. The molecule has 1 heterocycles. The predicted molar refractivity (Wildman–Crippen MR) is 70.6 cm³/mol. The number of nitrogens with two attached hydrogens (primary N) is 1. The van der Waals surface area contributed by atoms with Crippen LogP contribution in [0, 0.1) is 5.92 Å². The summed E-state index contributed by atoms with van der Waals surface area (Å²) in [5, 5.41) is 0.760. The molecule has 0 fully saturated rings. The fourth-order valence-corrected chi connectivity index (χ4v) is 2.31. The fourth-order valence-electron chi connectivity index (χ4n) is 1.46. The van der Waals surface area contributed by atoms with E-state index in [1.165, 1.54) is 18.6 Å². The molecule has 96 valence electrons. The van der Waals surface area contributed by atoms with Crippen molar-refractivity contribution in [2.24, 2.45) is 5.92 Å². The lowest BCUT2D eigenvalue weighted by molar-refractivity contribution is 0.0603. The zero-order valence-electron chi connectivity index (χ0n) is 10.9. The van der Waals surface area contributed by atoms with Crippen LogP contribution in [0.5, 0.6) is 0 Å². The van der Waals surface area contributed by atoms with Gasteiger partial charge in [0.1, 0.15) is 10.6 Å². The first-order valence-electron chi connectivity index (χ1n) is 5.46. The number of methoxy groups -OCH3 is 1. The molecule has 6 heteroatoms. The first-order valence-corrected chi connectivity index (χ1v) is 6.23. The van der Waals surface area contributed by atoms with E-state index in [0.717, 1.165) is 5.00 Å². The number of carbonyl (C=O) groups excluding carboxylic acids is 1. The van der Waals surface area contributed by atoms with Crippen LogP contribution in [-0.4, -0.2) is 30.5 Å². The molecule has 1 aromatic heterocycles. The molecule has 0 radical (unpaired) electrons. The highest BCUT2D eigenvalue weighted by molar-refractivity contribution is 7.11. The number of nitrogen functional groups attached to an aromatic ring is 1. The molecule has 2 N–H and O–H groups in total. The molecule has 0 amide bonds. The van der Waals surface area contributed by atoms with Crippen LogP contribution in [0.15, 0.2) is 0 Å². The molecular weight excluding hydrogens is 238 g/mol. The van der Waals surface area contributed by atoms with Crippen LogP contribution in [0.4, 0.5) is 10.8 Å². The molecule has 1 rings (SSSR count). The maximum Gasteiger partial charge on any atom is 0.344 e. The van der Waals surface area contributed by atoms with E-state index in [0.29, 0.717) is 17.5 Å². The second kappa shape index (κ2) is 5.35. The summed E-state index contributed by atoms with van der Waals surface area (Å²) in [7, 11) is 3.28. The number of carbonyl (C=O) groups is 1. The van der Waals surface area contributed by atoms with Gasteiger partial charge < -0.3 is 15.4 Å². The van der Waals surface area contributed by atoms with E-state index in [1.807, 2.05) is 11.9 Å². The van der Waals surface area contributed by atoms with E-state index >= 15 is 0 Å². The highest BCUT2D eigenvalue weighted by Gasteiger charge is 2.25. The number of aromatic nitrogens is 1. The Hall–Kier alpha value is -1.30. The van der Waals surface area contributed by atoms with Crippen LogP contribution in [-0.2, 0) is 4.74 Å². The number of hydrogen-bond donors (Lipinski definition) is 1. The average molecular weight is 257 g/mol. The molecule has 0 saturated heterocycles. The molecule has 0 aliphatic rings. The van der Waals surface area contributed by atoms with Gasteiger partial charge >= 0.3 is 5.97 Å². The Morgan fingerprint density at radius 1 is 1.47 bits per heavy atom. The van der Waals surface area contributed by atoms with E-state index < -0.39 is 5.97 Å². The molecule has 1 aromatic rings. The van der Waals surface area contributed by atoms with Gasteiger partial charge in [-0.05, 0) is 24.4 Å². The van der Waals surface area contributed by atoms with Crippen molar-refractivity contribution in [2.45, 2.75) is 26.8 Å². The monoisotopic (exact) mass is 257 g/mol. The van der Waals surface area contributed by atoms with Gasteiger partial charge in [0.25, 0.3) is 0 Å². The lowest BCUT2D eigenvalue weighted by Crippen LogP contribution is -2.33. The lowest BCUT2D eigenvalue weighted by atomic mass is 10.1. The zero-order valence-corrected chi connectivity index (χ0v) is 11.7. The molecule has 0 bridgehead atoms. The Morgan fingerprint density at radius 3 is 2.53 bits per heavy atom. The summed E-state index contributed by atoms with van der Waals surface area (Å²) in [6, 6.07) is 0.290. The van der Waals surface area contributed by atoms with Crippen molar-refractivity contribution in [3.63, 3.8) is 0 Å². The summed E-state index contributed by atoms with van der Waals surface area (Å²) in [6.45, 7) is 6.36. The molecule has 0 aromatic carbocycles. The van der Waals surface area contributed by atoms with Crippen LogP contribution < -0.4 is 10.6 Å². The van der Waals surface area contributed by atoms with Gasteiger partial charge in [0.15, 0.2) is 5.82 Å². The highest BCUT2D eigenvalue weighted by atomic mass is 32.1. The van der Waals surface area contributed by atoms with Crippen molar-refractivity contribution >= 4 is 28.3 Å². The summed E-state index contributed by atoms with van der Waals surface area (Å²) in [5.41, 5.74) is 6.07. The van der Waals surface area contributed by atoms with E-state index in [1.54, 1.807) is 0 Å². The Morgan fingerprint density at radius 2 is 2.06 bits per heavy atom. The number of rotatable bonds is 4. The molecule has 17 heavy (non-hydrogen) atoms. The largest absolute Gasteiger partial charge is 0.465 e. The van der Waals surface area contributed by atoms with E-state index in [-0.39, 0.29) is 5.82 Å². The third-order valence-electron chi connectivity index (χ3n) is 2.99. The second-order valence-corrected chi connectivity index (χ2v) is 5.09. The van der Waals surface area contributed by atoms with E-state index in [4.69, 9.17) is 10.5 Å². The Kier molecular flexibility index (Phi) is 4.34. The summed E-state index contributed by atoms with van der Waals surface area (Å²) in [4.78, 5) is 13.7. The van der Waals surface area contributed by atoms with Gasteiger partial charge in [0.05, 0.1) is 7.11 Å². The van der Waals surface area contributed by atoms with Crippen molar-refractivity contribution < 1.29 is 9.53 Å². The predicted octanol–water partition coefficient (Wildman–Crippen LogP) is 1.99. The summed E-state index contributed by atoms with van der Waals surface area (Å²) in [6.07, 6.45) is 0. The van der Waals surface area contributed by atoms with Gasteiger partial charge in [0, 0.05) is 13.1 Å². The SMILES string of the molecule is COC(=O)c1c(N)nsc1N(C)C(C)C(C)C.